The van der Waals surface area contributed by atoms with Gasteiger partial charge in [-0.2, -0.15) is 0 Å². The van der Waals surface area contributed by atoms with Gasteiger partial charge in [0, 0.05) is 26.7 Å². The van der Waals surface area contributed by atoms with E-state index in [0.717, 1.165) is 50.9 Å². The third-order valence-corrected chi connectivity index (χ3v) is 2.84. The maximum Gasteiger partial charge on any atom is 0.191 e. The Kier molecular flexibility index (Phi) is 14.2. The smallest absolute Gasteiger partial charge is 0.191 e. The van der Waals surface area contributed by atoms with Crippen molar-refractivity contribution in [1.29, 1.82) is 0 Å². The summed E-state index contributed by atoms with van der Waals surface area (Å²) in [4.78, 5) is 4.16. The summed E-state index contributed by atoms with van der Waals surface area (Å²) in [6.07, 6.45) is 2.05. The van der Waals surface area contributed by atoms with Crippen LogP contribution in [0.2, 0.25) is 0 Å². The topological polar surface area (TPSA) is 54.9 Å². The molecule has 0 aliphatic carbocycles. The van der Waals surface area contributed by atoms with Crippen LogP contribution in [0, 0.1) is 0 Å². The molecule has 0 saturated heterocycles. The van der Waals surface area contributed by atoms with Crippen molar-refractivity contribution in [2.24, 2.45) is 4.99 Å². The lowest BCUT2D eigenvalue weighted by Crippen LogP contribution is -2.39. The van der Waals surface area contributed by atoms with E-state index in [1.54, 1.807) is 7.05 Å². The van der Waals surface area contributed by atoms with Gasteiger partial charge in [-0.3, -0.25) is 4.99 Å². The van der Waals surface area contributed by atoms with Gasteiger partial charge in [0.2, 0.25) is 0 Å². The van der Waals surface area contributed by atoms with Crippen molar-refractivity contribution in [2.75, 3.05) is 40.0 Å². The van der Waals surface area contributed by atoms with Crippen LogP contribution in [0.1, 0.15) is 19.8 Å². The predicted octanol–water partition coefficient (Wildman–Crippen LogP) is 2.67. The van der Waals surface area contributed by atoms with Crippen LogP contribution in [0.5, 0.6) is 5.75 Å². The summed E-state index contributed by atoms with van der Waals surface area (Å²) in [5, 5.41) is 6.48. The molecule has 6 heteroatoms. The number of nitrogens with one attached hydrogen (secondary N) is 2. The number of halogens is 1. The fraction of sp³-hybridized carbons (Fsp3) is 0.562. The van der Waals surface area contributed by atoms with Gasteiger partial charge in [0.25, 0.3) is 0 Å². The van der Waals surface area contributed by atoms with Crippen LogP contribution in [0.25, 0.3) is 0 Å². The van der Waals surface area contributed by atoms with Gasteiger partial charge in [-0.05, 0) is 31.9 Å². The van der Waals surface area contributed by atoms with Gasteiger partial charge in [-0.15, -0.1) is 24.0 Å². The first-order valence-corrected chi connectivity index (χ1v) is 7.57. The lowest BCUT2D eigenvalue weighted by Gasteiger charge is -2.12. The summed E-state index contributed by atoms with van der Waals surface area (Å²) >= 11 is 0. The highest BCUT2D eigenvalue weighted by molar-refractivity contribution is 14.0. The zero-order valence-corrected chi connectivity index (χ0v) is 15.8. The Morgan fingerprint density at radius 3 is 2.45 bits per heavy atom. The Hall–Kier alpha value is -1.02. The van der Waals surface area contributed by atoms with Crippen LogP contribution in [-0.4, -0.2) is 45.9 Å². The number of unbranched alkanes of at least 4 members (excludes halogenated alkanes) is 1. The second-order valence-corrected chi connectivity index (χ2v) is 4.49. The Labute approximate surface area is 150 Å². The number of nitrogens with zero attached hydrogens (tertiary/aromatic N) is 1. The van der Waals surface area contributed by atoms with Crippen LogP contribution >= 0.6 is 24.0 Å². The normalized spacial score (nSPS) is 10.7. The van der Waals surface area contributed by atoms with Gasteiger partial charge in [-0.1, -0.05) is 18.2 Å². The van der Waals surface area contributed by atoms with Crippen LogP contribution in [0.15, 0.2) is 35.3 Å². The molecule has 0 spiro atoms. The van der Waals surface area contributed by atoms with E-state index in [0.29, 0.717) is 6.61 Å². The maximum atomic E-state index is 5.64. The van der Waals surface area contributed by atoms with Gasteiger partial charge in [0.05, 0.1) is 13.2 Å². The second kappa shape index (κ2) is 14.9. The molecule has 0 unspecified atom stereocenters. The first-order chi connectivity index (χ1) is 10.4. The molecule has 1 rings (SSSR count). The highest BCUT2D eigenvalue weighted by Crippen LogP contribution is 2.08. The van der Waals surface area contributed by atoms with Crippen molar-refractivity contribution in [1.82, 2.24) is 10.6 Å². The van der Waals surface area contributed by atoms with E-state index < -0.39 is 0 Å². The first-order valence-electron chi connectivity index (χ1n) is 7.57. The number of aliphatic imine (C=N–C) groups is 1. The van der Waals surface area contributed by atoms with E-state index in [-0.39, 0.29) is 24.0 Å². The van der Waals surface area contributed by atoms with Crippen molar-refractivity contribution < 1.29 is 9.47 Å². The SMILES string of the molecule is CCOCCNC(=NC)NCCCCOc1ccccc1.I. The molecule has 1 aromatic rings. The van der Waals surface area contributed by atoms with E-state index in [9.17, 15) is 0 Å². The monoisotopic (exact) mass is 421 g/mol. The van der Waals surface area contributed by atoms with Gasteiger partial charge in [0.1, 0.15) is 5.75 Å². The molecule has 0 fully saturated rings. The minimum Gasteiger partial charge on any atom is -0.494 e. The fourth-order valence-corrected chi connectivity index (χ4v) is 1.75. The van der Waals surface area contributed by atoms with Crippen molar-refractivity contribution in [3.63, 3.8) is 0 Å². The molecule has 0 saturated carbocycles. The van der Waals surface area contributed by atoms with E-state index in [1.165, 1.54) is 0 Å². The molecule has 0 radical (unpaired) electrons. The van der Waals surface area contributed by atoms with E-state index in [2.05, 4.69) is 15.6 Å². The molecule has 0 bridgehead atoms. The van der Waals surface area contributed by atoms with Gasteiger partial charge in [0.15, 0.2) is 5.96 Å². The Balaban J connectivity index is 0.00000441. The molecule has 22 heavy (non-hydrogen) atoms. The molecular weight excluding hydrogens is 393 g/mol. The second-order valence-electron chi connectivity index (χ2n) is 4.49. The minimum atomic E-state index is 0. The summed E-state index contributed by atoms with van der Waals surface area (Å²) in [6.45, 7) is 5.82. The number of rotatable bonds is 10. The molecule has 0 aromatic heterocycles. The number of guanidine groups is 1. The average molecular weight is 421 g/mol. The number of hydrogen-bond donors (Lipinski definition) is 2. The standard InChI is InChI=1S/C16H27N3O2.HI/c1-3-20-14-12-19-16(17-2)18-11-7-8-13-21-15-9-5-4-6-10-15;/h4-6,9-10H,3,7-8,11-14H2,1-2H3,(H2,17,18,19);1H. The number of benzene rings is 1. The van der Waals surface area contributed by atoms with Gasteiger partial charge < -0.3 is 20.1 Å². The summed E-state index contributed by atoms with van der Waals surface area (Å²) in [6, 6.07) is 9.90. The predicted molar refractivity (Wildman–Crippen MR) is 102 cm³/mol. The van der Waals surface area contributed by atoms with E-state index >= 15 is 0 Å². The largest absolute Gasteiger partial charge is 0.494 e. The third-order valence-electron chi connectivity index (χ3n) is 2.84. The molecule has 1 aromatic carbocycles. The quantitative estimate of drug-likeness (QED) is 0.264. The summed E-state index contributed by atoms with van der Waals surface area (Å²) in [5.74, 6) is 1.75. The Morgan fingerprint density at radius 1 is 1.05 bits per heavy atom. The fourth-order valence-electron chi connectivity index (χ4n) is 1.75. The molecule has 2 N–H and O–H groups in total. The molecule has 0 heterocycles. The van der Waals surface area contributed by atoms with Crippen LogP contribution in [0.3, 0.4) is 0 Å². The maximum absolute atomic E-state index is 5.64. The van der Waals surface area contributed by atoms with E-state index in [1.807, 2.05) is 37.3 Å². The molecular formula is C16H28IN3O2. The Bertz CT molecular complexity index is 388. The zero-order valence-electron chi connectivity index (χ0n) is 13.5. The molecule has 0 aliphatic heterocycles. The molecule has 0 aliphatic rings. The number of hydrogen-bond acceptors (Lipinski definition) is 3. The number of para-hydroxylation sites is 1. The van der Waals surface area contributed by atoms with Gasteiger partial charge in [-0.25, -0.2) is 0 Å². The van der Waals surface area contributed by atoms with E-state index in [4.69, 9.17) is 9.47 Å². The van der Waals surface area contributed by atoms with Crippen LogP contribution in [0.4, 0.5) is 0 Å². The minimum absolute atomic E-state index is 0. The lowest BCUT2D eigenvalue weighted by atomic mass is 10.3. The average Bonchev–Trinajstić information content (AvgIpc) is 2.53. The summed E-state index contributed by atoms with van der Waals surface area (Å²) < 4.78 is 10.9. The highest BCUT2D eigenvalue weighted by atomic mass is 127. The van der Waals surface area contributed by atoms with Crippen LogP contribution < -0.4 is 15.4 Å². The van der Waals surface area contributed by atoms with Crippen molar-refractivity contribution in [3.8, 4) is 5.75 Å². The van der Waals surface area contributed by atoms with Gasteiger partial charge >= 0.3 is 0 Å². The number of ether oxygens (including phenoxy) is 2. The highest BCUT2D eigenvalue weighted by Gasteiger charge is 1.97. The molecule has 0 amide bonds. The summed E-state index contributed by atoms with van der Waals surface area (Å²) in [7, 11) is 1.77. The molecule has 0 atom stereocenters. The van der Waals surface area contributed by atoms with Crippen molar-refractivity contribution >= 4 is 29.9 Å². The zero-order chi connectivity index (χ0) is 15.2. The Morgan fingerprint density at radius 2 is 1.77 bits per heavy atom. The van der Waals surface area contributed by atoms with Crippen molar-refractivity contribution in [2.45, 2.75) is 19.8 Å². The summed E-state index contributed by atoms with van der Waals surface area (Å²) in [5.41, 5.74) is 0. The van der Waals surface area contributed by atoms with Crippen molar-refractivity contribution in [3.05, 3.63) is 30.3 Å². The first kappa shape index (κ1) is 21.0. The third kappa shape index (κ3) is 10.7. The molecule has 126 valence electrons. The van der Waals surface area contributed by atoms with Crippen LogP contribution in [-0.2, 0) is 4.74 Å². The lowest BCUT2D eigenvalue weighted by molar-refractivity contribution is 0.152. The molecule has 5 nitrogen and oxygen atoms in total.